The van der Waals surface area contributed by atoms with Gasteiger partial charge in [0.1, 0.15) is 12.6 Å². The number of anilines is 1. The fourth-order valence-electron chi connectivity index (χ4n) is 4.09. The summed E-state index contributed by atoms with van der Waals surface area (Å²) in [5, 5.41) is 3.26. The molecule has 0 aromatic heterocycles. The number of hydrogen-bond donors (Lipinski definition) is 1. The van der Waals surface area contributed by atoms with Crippen molar-refractivity contribution in [2.45, 2.75) is 64.6 Å². The number of carbonyl (C=O) groups is 2. The van der Waals surface area contributed by atoms with E-state index in [4.69, 9.17) is 11.6 Å². The van der Waals surface area contributed by atoms with Crippen molar-refractivity contribution in [1.82, 2.24) is 10.2 Å². The van der Waals surface area contributed by atoms with Gasteiger partial charge in [0.15, 0.2) is 0 Å². The van der Waals surface area contributed by atoms with Gasteiger partial charge in [0, 0.05) is 21.6 Å². The van der Waals surface area contributed by atoms with Crippen LogP contribution in [-0.2, 0) is 26.2 Å². The molecule has 0 aliphatic rings. The molecule has 0 radical (unpaired) electrons. The molecule has 0 aliphatic carbocycles. The molecule has 0 saturated carbocycles. The fraction of sp³-hybridized carbons (Fsp3) is 0.333. The van der Waals surface area contributed by atoms with Crippen LogP contribution in [0.5, 0.6) is 0 Å². The van der Waals surface area contributed by atoms with Gasteiger partial charge in [-0.05, 0) is 89.1 Å². The van der Waals surface area contributed by atoms with Crippen molar-refractivity contribution in [3.63, 3.8) is 0 Å². The summed E-state index contributed by atoms with van der Waals surface area (Å²) in [7, 11) is -4.17. The van der Waals surface area contributed by atoms with Crippen molar-refractivity contribution in [3.05, 3.63) is 92.9 Å². The van der Waals surface area contributed by atoms with Crippen molar-refractivity contribution < 1.29 is 18.0 Å². The molecule has 0 saturated heterocycles. The molecule has 0 aliphatic heterocycles. The summed E-state index contributed by atoms with van der Waals surface area (Å²) in [5.74, 6) is -0.880. The summed E-state index contributed by atoms with van der Waals surface area (Å²) < 4.78 is 29.9. The first-order chi connectivity index (χ1) is 18.6. The molecule has 2 amide bonds. The van der Waals surface area contributed by atoms with E-state index < -0.39 is 34.1 Å². The maximum absolute atomic E-state index is 14.1. The number of sulfonamides is 1. The summed E-state index contributed by atoms with van der Waals surface area (Å²) in [6.45, 7) is 10.4. The van der Waals surface area contributed by atoms with E-state index in [9.17, 15) is 18.0 Å². The van der Waals surface area contributed by atoms with Crippen LogP contribution < -0.4 is 9.62 Å². The summed E-state index contributed by atoms with van der Waals surface area (Å²) in [6, 6.07) is 17.9. The van der Waals surface area contributed by atoms with E-state index in [0.29, 0.717) is 10.6 Å². The third kappa shape index (κ3) is 8.08. The summed E-state index contributed by atoms with van der Waals surface area (Å²) in [5.41, 5.74) is 2.08. The van der Waals surface area contributed by atoms with Crippen molar-refractivity contribution in [3.8, 4) is 0 Å². The van der Waals surface area contributed by atoms with E-state index in [2.05, 4.69) is 21.2 Å². The number of benzene rings is 3. The number of halogens is 2. The van der Waals surface area contributed by atoms with Gasteiger partial charge in [-0.3, -0.25) is 13.9 Å². The van der Waals surface area contributed by atoms with Crippen LogP contribution in [0.25, 0.3) is 0 Å². The number of carbonyl (C=O) groups excluding carboxylic acids is 2. The monoisotopic (exact) mass is 647 g/mol. The Labute approximate surface area is 250 Å². The minimum Gasteiger partial charge on any atom is -0.350 e. The normalized spacial score (nSPS) is 12.5. The second-order valence-corrected chi connectivity index (χ2v) is 14.0. The third-order valence-corrected chi connectivity index (χ3v) is 8.74. The highest BCUT2D eigenvalue weighted by Gasteiger charge is 2.34. The second-order valence-electron chi connectivity index (χ2n) is 10.8. The van der Waals surface area contributed by atoms with E-state index in [1.807, 2.05) is 52.0 Å². The fourth-order valence-corrected chi connectivity index (χ4v) is 6.17. The Morgan fingerprint density at radius 3 is 2.25 bits per heavy atom. The molecule has 0 heterocycles. The van der Waals surface area contributed by atoms with Crippen molar-refractivity contribution >= 4 is 55.1 Å². The highest BCUT2D eigenvalue weighted by molar-refractivity contribution is 9.10. The third-order valence-electron chi connectivity index (χ3n) is 6.24. The first-order valence-electron chi connectivity index (χ1n) is 12.8. The Bertz CT molecular complexity index is 1490. The molecule has 0 spiro atoms. The average Bonchev–Trinajstić information content (AvgIpc) is 2.86. The van der Waals surface area contributed by atoms with Crippen LogP contribution in [0.15, 0.2) is 76.1 Å². The molecule has 0 fully saturated rings. The van der Waals surface area contributed by atoms with Gasteiger partial charge in [-0.15, -0.1) is 0 Å². The summed E-state index contributed by atoms with van der Waals surface area (Å²) >= 11 is 9.73. The van der Waals surface area contributed by atoms with Crippen LogP contribution in [0.2, 0.25) is 5.02 Å². The lowest BCUT2D eigenvalue weighted by molar-refractivity contribution is -0.140. The minimum absolute atomic E-state index is 0.0438. The van der Waals surface area contributed by atoms with Gasteiger partial charge >= 0.3 is 0 Å². The maximum Gasteiger partial charge on any atom is 0.264 e. The minimum atomic E-state index is -4.17. The van der Waals surface area contributed by atoms with Gasteiger partial charge in [0.05, 0.1) is 10.6 Å². The van der Waals surface area contributed by atoms with Gasteiger partial charge in [0.2, 0.25) is 11.8 Å². The zero-order valence-corrected chi connectivity index (χ0v) is 26.7. The van der Waals surface area contributed by atoms with Gasteiger partial charge in [0.25, 0.3) is 10.0 Å². The number of nitrogens with one attached hydrogen (secondary N) is 1. The van der Waals surface area contributed by atoms with Crippen LogP contribution in [-0.4, -0.2) is 43.3 Å². The van der Waals surface area contributed by atoms with Gasteiger partial charge in [-0.25, -0.2) is 8.42 Å². The van der Waals surface area contributed by atoms with Gasteiger partial charge in [-0.2, -0.15) is 0 Å². The predicted molar refractivity (Wildman–Crippen MR) is 164 cm³/mol. The first-order valence-corrected chi connectivity index (χ1v) is 15.4. The SMILES string of the molecule is Cc1ccc(S(=O)(=O)N(CC(=O)N(Cc2cccc(Br)c2)[C@@H](C)C(=O)NC(C)(C)C)c2cc(Cl)ccc2C)cc1. The Morgan fingerprint density at radius 1 is 1.00 bits per heavy atom. The van der Waals surface area contributed by atoms with Gasteiger partial charge < -0.3 is 10.2 Å². The summed E-state index contributed by atoms with van der Waals surface area (Å²) in [6.07, 6.45) is 0. The summed E-state index contributed by atoms with van der Waals surface area (Å²) in [4.78, 5) is 28.7. The molecule has 10 heteroatoms. The molecule has 3 aromatic carbocycles. The molecule has 1 N–H and O–H groups in total. The lowest BCUT2D eigenvalue weighted by Gasteiger charge is -2.34. The van der Waals surface area contributed by atoms with Crippen LogP contribution in [0.3, 0.4) is 0 Å². The molecular formula is C30H35BrClN3O4S. The Morgan fingerprint density at radius 2 is 1.65 bits per heavy atom. The highest BCUT2D eigenvalue weighted by Crippen LogP contribution is 2.30. The van der Waals surface area contributed by atoms with E-state index in [1.165, 1.54) is 23.1 Å². The lowest BCUT2D eigenvalue weighted by Crippen LogP contribution is -2.54. The zero-order valence-electron chi connectivity index (χ0n) is 23.5. The predicted octanol–water partition coefficient (Wildman–Crippen LogP) is 6.25. The van der Waals surface area contributed by atoms with E-state index in [1.54, 1.807) is 38.1 Å². The molecule has 3 aromatic rings. The van der Waals surface area contributed by atoms with E-state index in [0.717, 1.165) is 19.9 Å². The van der Waals surface area contributed by atoms with Crippen LogP contribution in [0.4, 0.5) is 5.69 Å². The van der Waals surface area contributed by atoms with Crippen molar-refractivity contribution in [1.29, 1.82) is 0 Å². The zero-order chi connectivity index (χ0) is 29.8. The highest BCUT2D eigenvalue weighted by atomic mass is 79.9. The van der Waals surface area contributed by atoms with E-state index in [-0.39, 0.29) is 23.0 Å². The lowest BCUT2D eigenvalue weighted by atomic mass is 10.1. The molecule has 0 bridgehead atoms. The number of hydrogen-bond acceptors (Lipinski definition) is 4. The Hall–Kier alpha value is -2.88. The molecule has 1 atom stereocenters. The average molecular weight is 649 g/mol. The van der Waals surface area contributed by atoms with Crippen molar-refractivity contribution in [2.75, 3.05) is 10.8 Å². The molecule has 7 nitrogen and oxygen atoms in total. The largest absolute Gasteiger partial charge is 0.350 e. The second kappa shape index (κ2) is 12.7. The van der Waals surface area contributed by atoms with E-state index >= 15 is 0 Å². The molecular weight excluding hydrogens is 614 g/mol. The van der Waals surface area contributed by atoms with Crippen LogP contribution >= 0.6 is 27.5 Å². The molecule has 214 valence electrons. The van der Waals surface area contributed by atoms with Crippen LogP contribution in [0, 0.1) is 13.8 Å². The molecule has 40 heavy (non-hydrogen) atoms. The van der Waals surface area contributed by atoms with Crippen LogP contribution in [0.1, 0.15) is 44.4 Å². The maximum atomic E-state index is 14.1. The quantitative estimate of drug-likeness (QED) is 0.297. The number of rotatable bonds is 9. The van der Waals surface area contributed by atoms with Crippen molar-refractivity contribution in [2.24, 2.45) is 0 Å². The standard InChI is InChI=1S/C30H35BrClN3O4S/c1-20-10-14-26(15-11-20)40(38,39)35(27-17-25(32)13-12-21(27)2)19-28(36)34(18-23-8-7-9-24(31)16-23)22(3)29(37)33-30(4,5)6/h7-17,22H,18-19H2,1-6H3,(H,33,37)/t22-/m0/s1. The number of amides is 2. The number of aryl methyl sites for hydroxylation is 2. The Kier molecular flexibility index (Phi) is 10.1. The molecule has 0 unspecified atom stereocenters. The first kappa shape index (κ1) is 31.6. The van der Waals surface area contributed by atoms with Gasteiger partial charge in [-0.1, -0.05) is 63.4 Å². The molecule has 3 rings (SSSR count). The number of nitrogens with zero attached hydrogens (tertiary/aromatic N) is 2. The smallest absolute Gasteiger partial charge is 0.264 e. The topological polar surface area (TPSA) is 86.8 Å². The Balaban J connectivity index is 2.08.